The Balaban J connectivity index is 1.91. The van der Waals surface area contributed by atoms with Crippen LogP contribution in [0, 0.1) is 0 Å². The van der Waals surface area contributed by atoms with Gasteiger partial charge < -0.3 is 14.4 Å². The maximum Gasteiger partial charge on any atom is 0.410 e. The van der Waals surface area contributed by atoms with Crippen LogP contribution in [0.2, 0.25) is 0 Å². The van der Waals surface area contributed by atoms with E-state index < -0.39 is 5.60 Å². The average molecular weight is 213 g/mol. The number of fused-ring (bicyclic) bond motifs is 1. The summed E-state index contributed by atoms with van der Waals surface area (Å²) in [6.45, 7) is 9.10. The summed E-state index contributed by atoms with van der Waals surface area (Å²) in [6.07, 6.45) is 1.06. The van der Waals surface area contributed by atoms with E-state index >= 15 is 0 Å². The highest BCUT2D eigenvalue weighted by atomic mass is 16.6. The van der Waals surface area contributed by atoms with Gasteiger partial charge in [-0.2, -0.15) is 0 Å². The van der Waals surface area contributed by atoms with E-state index in [0.717, 1.165) is 13.0 Å². The number of ether oxygens (including phenoxy) is 2. The van der Waals surface area contributed by atoms with Crippen LogP contribution in [-0.2, 0) is 9.47 Å². The first-order valence-corrected chi connectivity index (χ1v) is 5.46. The molecular formula is C11H19NO3. The van der Waals surface area contributed by atoms with Gasteiger partial charge in [-0.25, -0.2) is 4.79 Å². The van der Waals surface area contributed by atoms with E-state index in [1.165, 1.54) is 0 Å². The number of hydrogen-bond acceptors (Lipinski definition) is 3. The summed E-state index contributed by atoms with van der Waals surface area (Å²) < 4.78 is 10.8. The monoisotopic (exact) mass is 213 g/mol. The molecule has 2 aliphatic rings. The van der Waals surface area contributed by atoms with Gasteiger partial charge in [0.1, 0.15) is 11.2 Å². The van der Waals surface area contributed by atoms with Gasteiger partial charge in [0.15, 0.2) is 0 Å². The van der Waals surface area contributed by atoms with Crippen molar-refractivity contribution in [2.75, 3.05) is 13.1 Å². The van der Waals surface area contributed by atoms with Gasteiger partial charge in [0.2, 0.25) is 0 Å². The maximum atomic E-state index is 11.8. The fourth-order valence-corrected chi connectivity index (χ4v) is 2.01. The molecule has 2 heterocycles. The summed E-state index contributed by atoms with van der Waals surface area (Å²) >= 11 is 0. The van der Waals surface area contributed by atoms with Gasteiger partial charge in [-0.3, -0.25) is 0 Å². The van der Waals surface area contributed by atoms with Crippen LogP contribution in [0.1, 0.15) is 34.1 Å². The molecule has 15 heavy (non-hydrogen) atoms. The quantitative estimate of drug-likeness (QED) is 0.576. The van der Waals surface area contributed by atoms with E-state index in [4.69, 9.17) is 9.47 Å². The van der Waals surface area contributed by atoms with Crippen LogP contribution < -0.4 is 0 Å². The second-order valence-electron chi connectivity index (χ2n) is 5.61. The topological polar surface area (TPSA) is 42.1 Å². The number of rotatable bonds is 0. The lowest BCUT2D eigenvalue weighted by Crippen LogP contribution is -2.45. The third kappa shape index (κ3) is 2.25. The second-order valence-corrected chi connectivity index (χ2v) is 5.61. The van der Waals surface area contributed by atoms with Crippen molar-refractivity contribution in [3.63, 3.8) is 0 Å². The van der Waals surface area contributed by atoms with Crippen LogP contribution >= 0.6 is 0 Å². The lowest BCUT2D eigenvalue weighted by atomic mass is 10.0. The smallest absolute Gasteiger partial charge is 0.410 e. The molecule has 2 atom stereocenters. The van der Waals surface area contributed by atoms with E-state index in [2.05, 4.69) is 0 Å². The van der Waals surface area contributed by atoms with E-state index in [1.807, 2.05) is 27.7 Å². The summed E-state index contributed by atoms with van der Waals surface area (Å²) in [6, 6.07) is 0. The van der Waals surface area contributed by atoms with Crippen molar-refractivity contribution in [3.05, 3.63) is 0 Å². The summed E-state index contributed by atoms with van der Waals surface area (Å²) in [5, 5.41) is 0. The number of piperidine rings is 1. The molecule has 4 nitrogen and oxygen atoms in total. The molecule has 2 fully saturated rings. The average Bonchev–Trinajstić information content (AvgIpc) is 2.71. The van der Waals surface area contributed by atoms with Crippen molar-refractivity contribution in [2.24, 2.45) is 0 Å². The molecule has 86 valence electrons. The summed E-state index contributed by atoms with van der Waals surface area (Å²) in [7, 11) is 0. The SMILES string of the molecule is CC(C)(C)OC(=O)N1CC[C@@H]2O[C@]2(C)C1. The van der Waals surface area contributed by atoms with E-state index in [9.17, 15) is 4.79 Å². The zero-order valence-corrected chi connectivity index (χ0v) is 9.87. The Morgan fingerprint density at radius 1 is 1.53 bits per heavy atom. The Morgan fingerprint density at radius 2 is 2.20 bits per heavy atom. The largest absolute Gasteiger partial charge is 0.444 e. The molecule has 1 amide bonds. The van der Waals surface area contributed by atoms with Gasteiger partial charge in [-0.15, -0.1) is 0 Å². The minimum absolute atomic E-state index is 0.102. The van der Waals surface area contributed by atoms with Gasteiger partial charge in [0.05, 0.1) is 12.6 Å². The number of epoxide rings is 1. The number of carbonyl (C=O) groups excluding carboxylic acids is 1. The van der Waals surface area contributed by atoms with Gasteiger partial charge in [0, 0.05) is 6.54 Å². The third-order valence-corrected chi connectivity index (χ3v) is 2.85. The first-order chi connectivity index (χ1) is 6.80. The Bertz CT molecular complexity index is 284. The Labute approximate surface area is 90.5 Å². The molecule has 0 saturated carbocycles. The van der Waals surface area contributed by atoms with Crippen LogP contribution in [0.15, 0.2) is 0 Å². The predicted molar refractivity (Wildman–Crippen MR) is 55.7 cm³/mol. The standard InChI is InChI=1S/C11H19NO3/c1-10(2,3)15-9(13)12-6-5-8-11(4,7-12)14-8/h8H,5-7H2,1-4H3/t8-,11+/m0/s1. The van der Waals surface area contributed by atoms with Crippen molar-refractivity contribution in [1.29, 1.82) is 0 Å². The van der Waals surface area contributed by atoms with E-state index in [0.29, 0.717) is 12.6 Å². The number of hydrogen-bond donors (Lipinski definition) is 0. The first kappa shape index (κ1) is 10.7. The molecule has 4 heteroatoms. The molecule has 0 radical (unpaired) electrons. The molecule has 2 aliphatic heterocycles. The van der Waals surface area contributed by atoms with Crippen LogP contribution in [0.25, 0.3) is 0 Å². The van der Waals surface area contributed by atoms with E-state index in [1.54, 1.807) is 4.90 Å². The van der Waals surface area contributed by atoms with Crippen molar-refractivity contribution < 1.29 is 14.3 Å². The molecular weight excluding hydrogens is 194 g/mol. The van der Waals surface area contributed by atoms with E-state index in [-0.39, 0.29) is 11.7 Å². The number of nitrogens with zero attached hydrogens (tertiary/aromatic N) is 1. The number of likely N-dealkylation sites (tertiary alicyclic amines) is 1. The normalized spacial score (nSPS) is 34.7. The Hall–Kier alpha value is -0.770. The summed E-state index contributed by atoms with van der Waals surface area (Å²) in [5.74, 6) is 0. The van der Waals surface area contributed by atoms with Crippen molar-refractivity contribution >= 4 is 6.09 Å². The number of carbonyl (C=O) groups is 1. The van der Waals surface area contributed by atoms with Crippen LogP contribution in [0.5, 0.6) is 0 Å². The summed E-state index contributed by atoms with van der Waals surface area (Å²) in [5.41, 5.74) is -0.519. The van der Waals surface area contributed by atoms with Gasteiger partial charge in [-0.05, 0) is 34.1 Å². The fourth-order valence-electron chi connectivity index (χ4n) is 2.01. The molecule has 0 bridgehead atoms. The number of amides is 1. The molecule has 2 saturated heterocycles. The van der Waals surface area contributed by atoms with Crippen LogP contribution in [-0.4, -0.2) is 41.4 Å². The molecule has 0 spiro atoms. The van der Waals surface area contributed by atoms with Crippen molar-refractivity contribution in [2.45, 2.75) is 51.4 Å². The predicted octanol–water partition coefficient (Wildman–Crippen LogP) is 1.78. The molecule has 0 aromatic heterocycles. The van der Waals surface area contributed by atoms with Crippen molar-refractivity contribution in [1.82, 2.24) is 4.90 Å². The van der Waals surface area contributed by atoms with Crippen LogP contribution in [0.4, 0.5) is 4.79 Å². The highest BCUT2D eigenvalue weighted by Gasteiger charge is 2.56. The minimum atomic E-state index is -0.417. The highest BCUT2D eigenvalue weighted by molar-refractivity contribution is 5.68. The maximum absolute atomic E-state index is 11.8. The first-order valence-electron chi connectivity index (χ1n) is 5.46. The fraction of sp³-hybridized carbons (Fsp3) is 0.909. The van der Waals surface area contributed by atoms with Crippen LogP contribution in [0.3, 0.4) is 0 Å². The van der Waals surface area contributed by atoms with Crippen molar-refractivity contribution in [3.8, 4) is 0 Å². The summed E-state index contributed by atoms with van der Waals surface area (Å²) in [4.78, 5) is 13.5. The molecule has 0 unspecified atom stereocenters. The highest BCUT2D eigenvalue weighted by Crippen LogP contribution is 2.42. The van der Waals surface area contributed by atoms with Gasteiger partial charge in [-0.1, -0.05) is 0 Å². The molecule has 0 aromatic carbocycles. The zero-order chi connectivity index (χ0) is 11.3. The Morgan fingerprint density at radius 3 is 2.73 bits per heavy atom. The lowest BCUT2D eigenvalue weighted by molar-refractivity contribution is 0.0198. The lowest BCUT2D eigenvalue weighted by Gasteiger charge is -2.30. The molecule has 0 N–H and O–H groups in total. The molecule has 0 aromatic rings. The van der Waals surface area contributed by atoms with Gasteiger partial charge in [0.25, 0.3) is 0 Å². The van der Waals surface area contributed by atoms with Gasteiger partial charge >= 0.3 is 6.09 Å². The third-order valence-electron chi connectivity index (χ3n) is 2.85. The Kier molecular flexibility index (Phi) is 2.23. The zero-order valence-electron chi connectivity index (χ0n) is 9.87. The molecule has 0 aliphatic carbocycles. The minimum Gasteiger partial charge on any atom is -0.444 e. The second kappa shape index (κ2) is 3.11. The molecule has 2 rings (SSSR count).